The van der Waals surface area contributed by atoms with Crippen molar-refractivity contribution in [1.29, 1.82) is 0 Å². The molecule has 0 aromatic rings. The highest BCUT2D eigenvalue weighted by molar-refractivity contribution is 6.30. The first kappa shape index (κ1) is 11.5. The molecule has 0 saturated heterocycles. The third-order valence-corrected chi connectivity index (χ3v) is 2.25. The van der Waals surface area contributed by atoms with Gasteiger partial charge in [0.05, 0.1) is 0 Å². The van der Waals surface area contributed by atoms with E-state index in [0.717, 1.165) is 12.2 Å². The van der Waals surface area contributed by atoms with Crippen molar-refractivity contribution in [2.24, 2.45) is 5.92 Å². The molecule has 0 saturated carbocycles. The van der Waals surface area contributed by atoms with Crippen molar-refractivity contribution in [3.63, 3.8) is 0 Å². The predicted molar refractivity (Wildman–Crippen MR) is 52.2 cm³/mol. The van der Waals surface area contributed by atoms with Crippen LogP contribution in [-0.2, 0) is 19.2 Å². The van der Waals surface area contributed by atoms with Gasteiger partial charge in [0.2, 0.25) is 0 Å². The van der Waals surface area contributed by atoms with Gasteiger partial charge < -0.3 is 4.79 Å². The first-order valence-electron chi connectivity index (χ1n) is 4.80. The summed E-state index contributed by atoms with van der Waals surface area (Å²) >= 11 is 0. The molecular weight excluding hydrogens is 196 g/mol. The van der Waals surface area contributed by atoms with E-state index in [1.165, 1.54) is 6.92 Å². The molecule has 0 heterocycles. The second-order valence-electron chi connectivity index (χ2n) is 3.59. The van der Waals surface area contributed by atoms with Crippen LogP contribution in [0.1, 0.15) is 26.2 Å². The lowest BCUT2D eigenvalue weighted by Crippen LogP contribution is -2.25. The smallest absolute Gasteiger partial charge is 0.174 e. The van der Waals surface area contributed by atoms with E-state index in [-0.39, 0.29) is 18.0 Å². The maximum absolute atomic E-state index is 11.5. The molecule has 0 radical (unpaired) electrons. The molecule has 0 fully saturated rings. The van der Waals surface area contributed by atoms with Gasteiger partial charge in [-0.25, -0.2) is 0 Å². The molecule has 0 aromatic carbocycles. The standard InChI is InChI=1S/C11H12O4/c1-7(12)3-2-4-8(13)11-9(14)5-6-10(11)15/h5-6,11H,2-4H2,1H3. The second-order valence-corrected chi connectivity index (χ2v) is 3.59. The first-order valence-corrected chi connectivity index (χ1v) is 4.80. The Morgan fingerprint density at radius 2 is 1.67 bits per heavy atom. The van der Waals surface area contributed by atoms with Crippen molar-refractivity contribution in [2.75, 3.05) is 0 Å². The third-order valence-electron chi connectivity index (χ3n) is 2.25. The maximum Gasteiger partial charge on any atom is 0.174 e. The summed E-state index contributed by atoms with van der Waals surface area (Å²) in [5.74, 6) is -2.38. The summed E-state index contributed by atoms with van der Waals surface area (Å²) in [5, 5.41) is 0. The Labute approximate surface area is 87.3 Å². The highest BCUT2D eigenvalue weighted by Gasteiger charge is 2.33. The van der Waals surface area contributed by atoms with Crippen LogP contribution in [0.2, 0.25) is 0 Å². The fourth-order valence-electron chi connectivity index (χ4n) is 1.47. The Morgan fingerprint density at radius 1 is 1.13 bits per heavy atom. The molecule has 0 N–H and O–H groups in total. The SMILES string of the molecule is CC(=O)CCCC(=O)C1C(=O)C=CC1=O. The van der Waals surface area contributed by atoms with Gasteiger partial charge in [-0.15, -0.1) is 0 Å². The molecule has 15 heavy (non-hydrogen) atoms. The molecule has 4 nitrogen and oxygen atoms in total. The van der Waals surface area contributed by atoms with Crippen molar-refractivity contribution in [1.82, 2.24) is 0 Å². The van der Waals surface area contributed by atoms with Gasteiger partial charge in [0.1, 0.15) is 11.7 Å². The number of hydrogen-bond acceptors (Lipinski definition) is 4. The van der Waals surface area contributed by atoms with Crippen LogP contribution in [0.5, 0.6) is 0 Å². The molecule has 0 unspecified atom stereocenters. The number of carbonyl (C=O) groups excluding carboxylic acids is 4. The van der Waals surface area contributed by atoms with Crippen LogP contribution in [-0.4, -0.2) is 23.1 Å². The molecular formula is C11H12O4. The minimum atomic E-state index is -1.13. The lowest BCUT2D eigenvalue weighted by molar-refractivity contribution is -0.135. The number of Topliss-reactive ketones (excluding diaryl/α,β-unsaturated/α-hetero) is 2. The van der Waals surface area contributed by atoms with Gasteiger partial charge in [0.25, 0.3) is 0 Å². The second kappa shape index (κ2) is 4.77. The van der Waals surface area contributed by atoms with E-state index in [0.29, 0.717) is 12.8 Å². The third kappa shape index (κ3) is 2.94. The average Bonchev–Trinajstić information content (AvgIpc) is 2.45. The Bertz CT molecular complexity index is 334. The fraction of sp³-hybridized carbons (Fsp3) is 0.455. The van der Waals surface area contributed by atoms with Crippen molar-refractivity contribution < 1.29 is 19.2 Å². The Hall–Kier alpha value is -1.58. The molecule has 0 bridgehead atoms. The molecule has 0 spiro atoms. The fourth-order valence-corrected chi connectivity index (χ4v) is 1.47. The molecule has 80 valence electrons. The van der Waals surface area contributed by atoms with Gasteiger partial charge in [-0.3, -0.25) is 14.4 Å². The summed E-state index contributed by atoms with van der Waals surface area (Å²) in [6.07, 6.45) is 3.11. The molecule has 1 aliphatic rings. The quantitative estimate of drug-likeness (QED) is 0.622. The lowest BCUT2D eigenvalue weighted by Gasteiger charge is -2.04. The van der Waals surface area contributed by atoms with Gasteiger partial charge in [-0.2, -0.15) is 0 Å². The monoisotopic (exact) mass is 208 g/mol. The Morgan fingerprint density at radius 3 is 2.13 bits per heavy atom. The van der Waals surface area contributed by atoms with E-state index in [1.54, 1.807) is 0 Å². The van der Waals surface area contributed by atoms with Gasteiger partial charge in [0.15, 0.2) is 17.3 Å². The van der Waals surface area contributed by atoms with Crippen LogP contribution in [0.4, 0.5) is 0 Å². The van der Waals surface area contributed by atoms with Crippen LogP contribution in [0.3, 0.4) is 0 Å². The van der Waals surface area contributed by atoms with Crippen LogP contribution in [0, 0.1) is 5.92 Å². The molecule has 1 aliphatic carbocycles. The van der Waals surface area contributed by atoms with E-state index in [9.17, 15) is 19.2 Å². The minimum absolute atomic E-state index is 0.00463. The zero-order valence-electron chi connectivity index (χ0n) is 8.49. The number of allylic oxidation sites excluding steroid dienone is 2. The van der Waals surface area contributed by atoms with Crippen LogP contribution < -0.4 is 0 Å². The number of rotatable bonds is 5. The maximum atomic E-state index is 11.5. The van der Waals surface area contributed by atoms with Crippen molar-refractivity contribution in [3.8, 4) is 0 Å². The summed E-state index contributed by atoms with van der Waals surface area (Å²) in [4.78, 5) is 44.3. The van der Waals surface area contributed by atoms with Gasteiger partial charge in [-0.1, -0.05) is 0 Å². The summed E-state index contributed by atoms with van der Waals surface area (Å²) < 4.78 is 0. The number of ketones is 4. The molecule has 0 aliphatic heterocycles. The van der Waals surface area contributed by atoms with Crippen LogP contribution in [0.25, 0.3) is 0 Å². The molecule has 0 aromatic heterocycles. The summed E-state index contributed by atoms with van der Waals surface area (Å²) in [6, 6.07) is 0. The normalized spacial score (nSPS) is 16.1. The van der Waals surface area contributed by atoms with Gasteiger partial charge in [0, 0.05) is 12.8 Å². The van der Waals surface area contributed by atoms with E-state index in [1.807, 2.05) is 0 Å². The highest BCUT2D eigenvalue weighted by atomic mass is 16.2. The predicted octanol–water partition coefficient (Wildman–Crippen LogP) is 0.639. The van der Waals surface area contributed by atoms with Gasteiger partial charge in [-0.05, 0) is 25.5 Å². The molecule has 0 atom stereocenters. The zero-order valence-corrected chi connectivity index (χ0v) is 8.49. The number of hydrogen-bond donors (Lipinski definition) is 0. The van der Waals surface area contributed by atoms with E-state index in [4.69, 9.17) is 0 Å². The molecule has 0 amide bonds. The van der Waals surface area contributed by atoms with Crippen molar-refractivity contribution >= 4 is 23.1 Å². The molecule has 4 heteroatoms. The lowest BCUT2D eigenvalue weighted by atomic mass is 9.95. The Balaban J connectivity index is 2.44. The summed E-state index contributed by atoms with van der Waals surface area (Å²) in [7, 11) is 0. The van der Waals surface area contributed by atoms with Crippen LogP contribution >= 0.6 is 0 Å². The zero-order chi connectivity index (χ0) is 11.4. The summed E-state index contributed by atoms with van der Waals surface area (Å²) in [6.45, 7) is 1.44. The Kier molecular flexibility index (Phi) is 3.66. The van der Waals surface area contributed by atoms with Crippen molar-refractivity contribution in [2.45, 2.75) is 26.2 Å². The highest BCUT2D eigenvalue weighted by Crippen LogP contribution is 2.15. The molecule has 1 rings (SSSR count). The van der Waals surface area contributed by atoms with Crippen molar-refractivity contribution in [3.05, 3.63) is 12.2 Å². The first-order chi connectivity index (χ1) is 7.02. The topological polar surface area (TPSA) is 68.3 Å². The van der Waals surface area contributed by atoms with Gasteiger partial charge >= 0.3 is 0 Å². The van der Waals surface area contributed by atoms with Crippen LogP contribution in [0.15, 0.2) is 12.2 Å². The number of carbonyl (C=O) groups is 4. The summed E-state index contributed by atoms with van der Waals surface area (Å²) in [5.41, 5.74) is 0. The minimum Gasteiger partial charge on any atom is -0.300 e. The average molecular weight is 208 g/mol. The van der Waals surface area contributed by atoms with E-state index in [2.05, 4.69) is 0 Å². The largest absolute Gasteiger partial charge is 0.300 e. The van der Waals surface area contributed by atoms with E-state index >= 15 is 0 Å². The van der Waals surface area contributed by atoms with E-state index < -0.39 is 17.5 Å².